The van der Waals surface area contributed by atoms with Crippen molar-refractivity contribution in [3.8, 4) is 5.75 Å². The average Bonchev–Trinajstić information content (AvgIpc) is 2.34. The quantitative estimate of drug-likeness (QED) is 0.394. The fourth-order valence-corrected chi connectivity index (χ4v) is 2.78. The van der Waals surface area contributed by atoms with Crippen LogP contribution >= 0.6 is 0 Å². The van der Waals surface area contributed by atoms with Gasteiger partial charge in [-0.1, -0.05) is 0 Å². The minimum atomic E-state index is -4.73. The van der Waals surface area contributed by atoms with E-state index < -0.39 is 30.0 Å². The van der Waals surface area contributed by atoms with Gasteiger partial charge in [0.15, 0.2) is 0 Å². The van der Waals surface area contributed by atoms with Crippen molar-refractivity contribution in [2.75, 3.05) is 7.11 Å². The molecular weight excluding hydrogens is 354 g/mol. The summed E-state index contributed by atoms with van der Waals surface area (Å²) < 4.78 is 70.9. The topological polar surface area (TPSA) is 124 Å². The molecule has 108 valence electrons. The van der Waals surface area contributed by atoms with E-state index in [0.29, 0.717) is 5.39 Å². The van der Waals surface area contributed by atoms with Gasteiger partial charge < -0.3 is 13.8 Å². The molecule has 2 aromatic rings. The molecule has 0 heterocycles. The summed E-state index contributed by atoms with van der Waals surface area (Å²) in [5.74, 6) is 0.0896. The van der Waals surface area contributed by atoms with Crippen LogP contribution in [0.15, 0.2) is 40.1 Å². The predicted molar refractivity (Wildman–Crippen MR) is 66.4 cm³/mol. The van der Waals surface area contributed by atoms with Gasteiger partial charge >= 0.3 is 59.1 Å². The molecule has 0 radical (unpaired) electrons. The zero-order valence-corrected chi connectivity index (χ0v) is 17.7. The van der Waals surface area contributed by atoms with Crippen LogP contribution in [-0.4, -0.2) is 33.1 Å². The maximum Gasteiger partial charge on any atom is 1.00 e. The van der Waals surface area contributed by atoms with E-state index in [9.17, 15) is 25.9 Å². The Kier molecular flexibility index (Phi) is 8.04. The van der Waals surface area contributed by atoms with Crippen molar-refractivity contribution >= 4 is 31.0 Å². The van der Waals surface area contributed by atoms with E-state index >= 15 is 0 Å². The summed E-state index contributed by atoms with van der Waals surface area (Å²) in [7, 11) is -8.14. The largest absolute Gasteiger partial charge is 1.00 e. The van der Waals surface area contributed by atoms with Crippen molar-refractivity contribution in [1.82, 2.24) is 0 Å². The minimum Gasteiger partial charge on any atom is -0.744 e. The molecule has 2 aromatic carbocycles. The molecule has 0 aliphatic rings. The predicted octanol–water partition coefficient (Wildman–Crippen LogP) is -5.34. The molecule has 7 nitrogen and oxygen atoms in total. The van der Waals surface area contributed by atoms with Crippen LogP contribution in [0.5, 0.6) is 5.75 Å². The molecule has 2 rings (SSSR count). The molecule has 0 atom stereocenters. The fourth-order valence-electron chi connectivity index (χ4n) is 1.76. The van der Waals surface area contributed by atoms with Gasteiger partial charge in [0, 0.05) is 5.39 Å². The molecule has 0 amide bonds. The molecule has 11 heteroatoms. The van der Waals surface area contributed by atoms with Crippen molar-refractivity contribution in [2.45, 2.75) is 9.79 Å². The fraction of sp³-hybridized carbons (Fsp3) is 0.0909. The van der Waals surface area contributed by atoms with Crippen LogP contribution in [0.2, 0.25) is 0 Å². The van der Waals surface area contributed by atoms with Crippen molar-refractivity contribution in [3.05, 3.63) is 30.3 Å². The number of hydrogen-bond donors (Lipinski definition) is 0. The van der Waals surface area contributed by atoms with E-state index in [4.69, 9.17) is 4.74 Å². The SMILES string of the molecule is COc1cc(S(=O)(=O)[O-])cc2cc(S(=O)(=O)[O-])ccc12.[Na+].[Na+]. The Hall–Kier alpha value is 0.320. The number of methoxy groups -OCH3 is 1. The van der Waals surface area contributed by atoms with E-state index in [1.807, 2.05) is 0 Å². The summed E-state index contributed by atoms with van der Waals surface area (Å²) >= 11 is 0. The average molecular weight is 362 g/mol. The normalized spacial score (nSPS) is 11.4. The number of hydrogen-bond acceptors (Lipinski definition) is 7. The standard InChI is InChI=1S/C11H10O7S2.2Na/c1-18-11-6-9(20(15,16)17)5-7-4-8(19(12,13)14)2-3-10(7)11;;/h2-6H,1H3,(H,12,13,14)(H,15,16,17);;/q;2*+1/p-2. The molecule has 0 saturated heterocycles. The number of benzene rings is 2. The van der Waals surface area contributed by atoms with Crippen LogP contribution in [0, 0.1) is 0 Å². The number of rotatable bonds is 3. The van der Waals surface area contributed by atoms with Crippen molar-refractivity contribution < 1.29 is 89.8 Å². The summed E-state index contributed by atoms with van der Waals surface area (Å²) in [4.78, 5) is -1.09. The zero-order valence-electron chi connectivity index (χ0n) is 12.1. The van der Waals surface area contributed by atoms with Crippen LogP contribution in [0.4, 0.5) is 0 Å². The van der Waals surface area contributed by atoms with E-state index in [1.165, 1.54) is 13.2 Å². The molecule has 0 unspecified atom stereocenters. The summed E-state index contributed by atoms with van der Waals surface area (Å²) in [5.41, 5.74) is 0. The molecule has 0 fully saturated rings. The Labute approximate surface area is 172 Å². The van der Waals surface area contributed by atoms with Crippen LogP contribution in [0.25, 0.3) is 10.8 Å². The molecule has 0 bridgehead atoms. The monoisotopic (exact) mass is 362 g/mol. The van der Waals surface area contributed by atoms with Crippen LogP contribution in [0.1, 0.15) is 0 Å². The number of fused-ring (bicyclic) bond motifs is 1. The van der Waals surface area contributed by atoms with Crippen LogP contribution < -0.4 is 63.9 Å². The third-order valence-electron chi connectivity index (χ3n) is 2.66. The molecule has 0 aliphatic carbocycles. The van der Waals surface area contributed by atoms with Gasteiger partial charge in [-0.2, -0.15) is 0 Å². The van der Waals surface area contributed by atoms with Gasteiger partial charge in [-0.05, 0) is 35.7 Å². The minimum absolute atomic E-state index is 0. The second kappa shape index (κ2) is 7.93. The molecule has 0 spiro atoms. The molecule has 0 aromatic heterocycles. The molecule has 0 N–H and O–H groups in total. The second-order valence-electron chi connectivity index (χ2n) is 3.92. The van der Waals surface area contributed by atoms with Gasteiger partial charge in [0.2, 0.25) is 0 Å². The van der Waals surface area contributed by atoms with Crippen molar-refractivity contribution in [1.29, 1.82) is 0 Å². The van der Waals surface area contributed by atoms with Crippen molar-refractivity contribution in [3.63, 3.8) is 0 Å². The van der Waals surface area contributed by atoms with Crippen LogP contribution in [0.3, 0.4) is 0 Å². The van der Waals surface area contributed by atoms with Gasteiger partial charge in [0.25, 0.3) is 0 Å². The Morgan fingerprint density at radius 3 is 1.82 bits per heavy atom. The van der Waals surface area contributed by atoms with E-state index in [-0.39, 0.29) is 70.3 Å². The first-order valence-electron chi connectivity index (χ1n) is 5.16. The summed E-state index contributed by atoms with van der Waals surface area (Å²) in [6.07, 6.45) is 0. The maximum absolute atomic E-state index is 11.0. The van der Waals surface area contributed by atoms with E-state index in [2.05, 4.69) is 0 Å². The van der Waals surface area contributed by atoms with Gasteiger partial charge in [-0.25, -0.2) is 16.8 Å². The van der Waals surface area contributed by atoms with Gasteiger partial charge in [0.05, 0.1) is 16.9 Å². The Bertz CT molecular complexity index is 887. The zero-order chi connectivity index (χ0) is 15.1. The Morgan fingerprint density at radius 1 is 0.864 bits per heavy atom. The second-order valence-corrected chi connectivity index (χ2v) is 6.68. The third kappa shape index (κ3) is 4.91. The van der Waals surface area contributed by atoms with Gasteiger partial charge in [0.1, 0.15) is 26.0 Å². The first-order chi connectivity index (χ1) is 9.13. The summed E-state index contributed by atoms with van der Waals surface area (Å²) in [5, 5.41) is 0.489. The molecule has 0 saturated carbocycles. The summed E-state index contributed by atoms with van der Waals surface area (Å²) in [6, 6.07) is 5.42. The van der Waals surface area contributed by atoms with E-state index in [0.717, 1.165) is 24.3 Å². The molecule has 22 heavy (non-hydrogen) atoms. The smallest absolute Gasteiger partial charge is 0.744 e. The van der Waals surface area contributed by atoms with E-state index in [1.54, 1.807) is 0 Å². The van der Waals surface area contributed by atoms with Gasteiger partial charge in [-0.3, -0.25) is 0 Å². The molecular formula is C11H8Na2O7S2. The summed E-state index contributed by atoms with van der Waals surface area (Å²) in [6.45, 7) is 0. The third-order valence-corrected chi connectivity index (χ3v) is 4.30. The first kappa shape index (κ1) is 22.3. The Morgan fingerprint density at radius 2 is 1.36 bits per heavy atom. The number of ether oxygens (including phenoxy) is 1. The maximum atomic E-state index is 11.0. The van der Waals surface area contributed by atoms with Crippen molar-refractivity contribution in [2.24, 2.45) is 0 Å². The molecule has 0 aliphatic heterocycles. The van der Waals surface area contributed by atoms with Gasteiger partial charge in [-0.15, -0.1) is 0 Å². The Balaban J connectivity index is 0.00000220. The van der Waals surface area contributed by atoms with Crippen LogP contribution in [-0.2, 0) is 20.2 Å². The first-order valence-corrected chi connectivity index (χ1v) is 7.98.